The Hall–Kier alpha value is -4.45. The van der Waals surface area contributed by atoms with Gasteiger partial charge in [-0.25, -0.2) is 14.8 Å². The Morgan fingerprint density at radius 3 is 2.53 bits per heavy atom. The van der Waals surface area contributed by atoms with Crippen LogP contribution in [-0.2, 0) is 13.2 Å². The number of alkyl halides is 3. The van der Waals surface area contributed by atoms with Crippen molar-refractivity contribution in [3.8, 4) is 16.8 Å². The minimum absolute atomic E-state index is 0.0307. The second-order valence-corrected chi connectivity index (χ2v) is 8.97. The first-order valence-corrected chi connectivity index (χ1v) is 11.6. The SMILES string of the molecule is Cc1nc(N(C)CCO)ccc1-n1c(=O)n(C)c2cnc3ccc(-c4cnc(N)c(C(F)(F)F)c4)cc3c21. The molecule has 196 valence electrons. The van der Waals surface area contributed by atoms with Gasteiger partial charge < -0.3 is 15.7 Å². The lowest BCUT2D eigenvalue weighted by Gasteiger charge is -2.18. The lowest BCUT2D eigenvalue weighted by atomic mass is 10.0. The van der Waals surface area contributed by atoms with Crippen LogP contribution in [0.5, 0.6) is 0 Å². The normalized spacial score (nSPS) is 12.0. The third-order valence-electron chi connectivity index (χ3n) is 6.55. The maximum Gasteiger partial charge on any atom is 0.419 e. The van der Waals surface area contributed by atoms with Gasteiger partial charge in [-0.2, -0.15) is 13.2 Å². The zero-order chi connectivity index (χ0) is 27.4. The largest absolute Gasteiger partial charge is 0.419 e. The zero-order valence-corrected chi connectivity index (χ0v) is 20.8. The number of benzene rings is 1. The van der Waals surface area contributed by atoms with Gasteiger partial charge in [-0.1, -0.05) is 6.07 Å². The summed E-state index contributed by atoms with van der Waals surface area (Å²) in [5.41, 5.74) is 7.61. The number of aliphatic hydroxyl groups is 1. The maximum absolute atomic E-state index is 13.5. The standard InChI is InChI=1S/C26H24F3N7O2/c1-14-20(6-7-22(33-14)34(2)8-9-37)36-23-17-10-15(16-11-18(26(27,28)29)24(30)32-12-16)4-5-19(17)31-13-21(23)35(3)25(36)38/h4-7,10-13,37H,8-9H2,1-3H3,(H2,30,32). The van der Waals surface area contributed by atoms with E-state index in [9.17, 15) is 23.1 Å². The number of aryl methyl sites for hydroxylation is 2. The van der Waals surface area contributed by atoms with Crippen molar-refractivity contribution in [2.24, 2.45) is 7.05 Å². The van der Waals surface area contributed by atoms with Crippen LogP contribution in [0.1, 0.15) is 11.3 Å². The summed E-state index contributed by atoms with van der Waals surface area (Å²) in [4.78, 5) is 28.1. The van der Waals surface area contributed by atoms with Crippen LogP contribution < -0.4 is 16.3 Å². The fraction of sp³-hybridized carbons (Fsp3) is 0.231. The van der Waals surface area contributed by atoms with E-state index in [-0.39, 0.29) is 17.9 Å². The molecule has 0 amide bonds. The highest BCUT2D eigenvalue weighted by Gasteiger charge is 2.34. The first-order valence-electron chi connectivity index (χ1n) is 11.6. The number of halogens is 3. The maximum atomic E-state index is 13.5. The highest BCUT2D eigenvalue weighted by Crippen LogP contribution is 2.36. The lowest BCUT2D eigenvalue weighted by Crippen LogP contribution is -2.24. The minimum Gasteiger partial charge on any atom is -0.395 e. The van der Waals surface area contributed by atoms with Crippen LogP contribution in [0.15, 0.2) is 53.6 Å². The van der Waals surface area contributed by atoms with Gasteiger partial charge in [0.25, 0.3) is 0 Å². The van der Waals surface area contributed by atoms with E-state index in [4.69, 9.17) is 5.73 Å². The van der Waals surface area contributed by atoms with Crippen molar-refractivity contribution >= 4 is 33.6 Å². The summed E-state index contributed by atoms with van der Waals surface area (Å²) in [6, 6.07) is 9.54. The molecule has 0 fully saturated rings. The number of likely N-dealkylation sites (N-methyl/N-ethyl adjacent to an activating group) is 1. The Labute approximate surface area is 214 Å². The number of fused-ring (bicyclic) bond motifs is 3. The fourth-order valence-electron chi connectivity index (χ4n) is 4.51. The molecule has 5 aromatic rings. The van der Waals surface area contributed by atoms with Gasteiger partial charge in [-0.15, -0.1) is 0 Å². The Morgan fingerprint density at radius 2 is 1.84 bits per heavy atom. The molecule has 4 aromatic heterocycles. The average Bonchev–Trinajstić information content (AvgIpc) is 3.13. The van der Waals surface area contributed by atoms with Crippen LogP contribution in [0.2, 0.25) is 0 Å². The Balaban J connectivity index is 1.75. The van der Waals surface area contributed by atoms with E-state index in [2.05, 4.69) is 15.0 Å². The van der Waals surface area contributed by atoms with Gasteiger partial charge >= 0.3 is 11.9 Å². The molecule has 0 unspecified atom stereocenters. The van der Waals surface area contributed by atoms with E-state index in [0.29, 0.717) is 51.2 Å². The first kappa shape index (κ1) is 25.2. The van der Waals surface area contributed by atoms with E-state index < -0.39 is 17.6 Å². The van der Waals surface area contributed by atoms with Crippen molar-refractivity contribution in [1.29, 1.82) is 0 Å². The van der Waals surface area contributed by atoms with E-state index in [1.807, 2.05) is 0 Å². The average molecular weight is 524 g/mol. The molecule has 4 heterocycles. The molecule has 9 nitrogen and oxygen atoms in total. The van der Waals surface area contributed by atoms with E-state index in [1.54, 1.807) is 62.4 Å². The number of aliphatic hydroxyl groups excluding tert-OH is 1. The van der Waals surface area contributed by atoms with Gasteiger partial charge in [0.1, 0.15) is 11.6 Å². The number of hydrogen-bond acceptors (Lipinski definition) is 7. The topological polar surface area (TPSA) is 115 Å². The predicted octanol–water partition coefficient (Wildman–Crippen LogP) is 3.67. The van der Waals surface area contributed by atoms with Crippen molar-refractivity contribution < 1.29 is 18.3 Å². The minimum atomic E-state index is -4.65. The fourth-order valence-corrected chi connectivity index (χ4v) is 4.51. The number of imidazole rings is 1. The van der Waals surface area contributed by atoms with Crippen molar-refractivity contribution in [3.05, 3.63) is 70.5 Å². The number of aromatic nitrogens is 5. The predicted molar refractivity (Wildman–Crippen MR) is 139 cm³/mol. The molecule has 0 radical (unpaired) electrons. The third-order valence-corrected chi connectivity index (χ3v) is 6.55. The number of hydrogen-bond donors (Lipinski definition) is 2. The van der Waals surface area contributed by atoms with Crippen LogP contribution in [0.4, 0.5) is 24.8 Å². The van der Waals surface area contributed by atoms with Crippen LogP contribution in [0.3, 0.4) is 0 Å². The second kappa shape index (κ2) is 9.14. The van der Waals surface area contributed by atoms with Gasteiger partial charge in [0.15, 0.2) is 0 Å². The van der Waals surface area contributed by atoms with E-state index in [0.717, 1.165) is 6.07 Å². The Morgan fingerprint density at radius 1 is 1.08 bits per heavy atom. The monoisotopic (exact) mass is 523 g/mol. The Bertz CT molecular complexity index is 1760. The lowest BCUT2D eigenvalue weighted by molar-refractivity contribution is -0.137. The van der Waals surface area contributed by atoms with Crippen LogP contribution in [0, 0.1) is 6.92 Å². The van der Waals surface area contributed by atoms with Gasteiger partial charge in [0.05, 0.1) is 46.3 Å². The summed E-state index contributed by atoms with van der Waals surface area (Å²) in [5, 5.41) is 9.81. The molecule has 0 saturated carbocycles. The molecule has 0 bridgehead atoms. The van der Waals surface area contributed by atoms with Gasteiger partial charge in [0, 0.05) is 37.8 Å². The van der Waals surface area contributed by atoms with Crippen LogP contribution in [-0.4, -0.2) is 49.4 Å². The van der Waals surface area contributed by atoms with E-state index in [1.165, 1.54) is 15.3 Å². The molecule has 0 spiro atoms. The number of rotatable bonds is 5. The van der Waals surface area contributed by atoms with Crippen molar-refractivity contribution in [3.63, 3.8) is 0 Å². The summed E-state index contributed by atoms with van der Waals surface area (Å²) < 4.78 is 43.4. The van der Waals surface area contributed by atoms with E-state index >= 15 is 0 Å². The van der Waals surface area contributed by atoms with Crippen molar-refractivity contribution in [1.82, 2.24) is 24.1 Å². The first-order chi connectivity index (χ1) is 18.0. The quantitative estimate of drug-likeness (QED) is 0.361. The van der Waals surface area contributed by atoms with Gasteiger partial charge in [-0.3, -0.25) is 14.1 Å². The molecule has 5 rings (SSSR count). The summed E-state index contributed by atoms with van der Waals surface area (Å²) in [6.45, 7) is 2.15. The molecule has 0 saturated heterocycles. The number of nitrogens with zero attached hydrogens (tertiary/aromatic N) is 6. The molecule has 1 aromatic carbocycles. The summed E-state index contributed by atoms with van der Waals surface area (Å²) in [7, 11) is 3.43. The van der Waals surface area contributed by atoms with Crippen LogP contribution in [0.25, 0.3) is 38.8 Å². The number of nitrogen functional groups attached to an aromatic ring is 1. The molecule has 0 aliphatic carbocycles. The summed E-state index contributed by atoms with van der Waals surface area (Å²) in [6.07, 6.45) is -1.78. The highest BCUT2D eigenvalue weighted by atomic mass is 19.4. The summed E-state index contributed by atoms with van der Waals surface area (Å²) in [5.74, 6) is 0.0396. The third kappa shape index (κ3) is 4.12. The molecule has 0 aliphatic heterocycles. The zero-order valence-electron chi connectivity index (χ0n) is 20.8. The molecule has 12 heteroatoms. The molecule has 0 aliphatic rings. The second-order valence-electron chi connectivity index (χ2n) is 8.97. The van der Waals surface area contributed by atoms with Gasteiger partial charge in [0.2, 0.25) is 0 Å². The molecule has 0 atom stereocenters. The molecule has 3 N–H and O–H groups in total. The molecular weight excluding hydrogens is 499 g/mol. The Kier molecular flexibility index (Phi) is 6.06. The van der Waals surface area contributed by atoms with Crippen molar-refractivity contribution in [2.75, 3.05) is 30.8 Å². The number of anilines is 2. The molecule has 38 heavy (non-hydrogen) atoms. The van der Waals surface area contributed by atoms with Gasteiger partial charge in [-0.05, 0) is 42.8 Å². The summed E-state index contributed by atoms with van der Waals surface area (Å²) >= 11 is 0. The molecular formula is C26H24F3N7O2. The van der Waals surface area contributed by atoms with Crippen molar-refractivity contribution in [2.45, 2.75) is 13.1 Å². The van der Waals surface area contributed by atoms with Crippen LogP contribution >= 0.6 is 0 Å². The number of nitrogens with two attached hydrogens (primary N) is 1. The number of pyridine rings is 3. The smallest absolute Gasteiger partial charge is 0.395 e. The highest BCUT2D eigenvalue weighted by molar-refractivity contribution is 6.04.